The SMILES string of the molecule is NC1C=CC(C(=O)NCCc2ncon2)C1. The van der Waals surface area contributed by atoms with E-state index in [0.29, 0.717) is 25.2 Å². The molecular formula is C10H14N4O2. The molecule has 0 radical (unpaired) electrons. The number of nitrogens with one attached hydrogen (secondary N) is 1. The van der Waals surface area contributed by atoms with Gasteiger partial charge in [-0.05, 0) is 6.42 Å². The normalized spacial score (nSPS) is 23.6. The molecule has 1 heterocycles. The van der Waals surface area contributed by atoms with Crippen molar-refractivity contribution in [2.45, 2.75) is 18.9 Å². The Kier molecular flexibility index (Phi) is 3.31. The Bertz CT molecular complexity index is 374. The van der Waals surface area contributed by atoms with Crippen LogP contribution in [-0.4, -0.2) is 28.6 Å². The zero-order chi connectivity index (χ0) is 11.4. The maximum atomic E-state index is 11.6. The van der Waals surface area contributed by atoms with Gasteiger partial charge in [-0.2, -0.15) is 4.98 Å². The summed E-state index contributed by atoms with van der Waals surface area (Å²) in [5.74, 6) is 0.506. The topological polar surface area (TPSA) is 94.0 Å². The molecule has 0 bridgehead atoms. The standard InChI is InChI=1S/C10H14N4O2/c11-8-2-1-7(5-8)10(15)12-4-3-9-13-6-16-14-9/h1-2,6-8H,3-5,11H2,(H,12,15). The summed E-state index contributed by atoms with van der Waals surface area (Å²) in [6.45, 7) is 0.512. The van der Waals surface area contributed by atoms with Gasteiger partial charge in [0.25, 0.3) is 0 Å². The molecule has 0 saturated carbocycles. The van der Waals surface area contributed by atoms with Crippen molar-refractivity contribution >= 4 is 5.91 Å². The van der Waals surface area contributed by atoms with Crippen molar-refractivity contribution in [1.29, 1.82) is 0 Å². The molecule has 1 amide bonds. The highest BCUT2D eigenvalue weighted by Gasteiger charge is 2.22. The number of hydrogen-bond donors (Lipinski definition) is 2. The molecule has 2 atom stereocenters. The monoisotopic (exact) mass is 222 g/mol. The first-order chi connectivity index (χ1) is 7.75. The van der Waals surface area contributed by atoms with Crippen LogP contribution in [0.25, 0.3) is 0 Å². The molecule has 0 aromatic carbocycles. The first-order valence-electron chi connectivity index (χ1n) is 5.22. The molecule has 3 N–H and O–H groups in total. The molecule has 2 unspecified atom stereocenters. The van der Waals surface area contributed by atoms with Crippen molar-refractivity contribution in [3.05, 3.63) is 24.4 Å². The minimum atomic E-state index is -0.0970. The number of carbonyl (C=O) groups excluding carboxylic acids is 1. The van der Waals surface area contributed by atoms with Crippen molar-refractivity contribution in [2.75, 3.05) is 6.54 Å². The predicted octanol–water partition coefficient (Wildman–Crippen LogP) is -0.368. The highest BCUT2D eigenvalue weighted by molar-refractivity contribution is 5.81. The summed E-state index contributed by atoms with van der Waals surface area (Å²) in [7, 11) is 0. The van der Waals surface area contributed by atoms with E-state index in [2.05, 4.69) is 20.0 Å². The number of aromatic nitrogens is 2. The van der Waals surface area contributed by atoms with E-state index in [1.807, 2.05) is 12.2 Å². The zero-order valence-corrected chi connectivity index (χ0v) is 8.80. The van der Waals surface area contributed by atoms with Crippen molar-refractivity contribution < 1.29 is 9.32 Å². The van der Waals surface area contributed by atoms with Crippen LogP contribution in [0.5, 0.6) is 0 Å². The summed E-state index contributed by atoms with van der Waals surface area (Å²) in [6, 6.07) is 0.00737. The van der Waals surface area contributed by atoms with Crippen LogP contribution in [0.15, 0.2) is 23.1 Å². The lowest BCUT2D eigenvalue weighted by Gasteiger charge is -2.09. The van der Waals surface area contributed by atoms with Crippen molar-refractivity contribution in [3.63, 3.8) is 0 Å². The van der Waals surface area contributed by atoms with Gasteiger partial charge in [0.1, 0.15) is 0 Å². The fourth-order valence-corrected chi connectivity index (χ4v) is 1.65. The predicted molar refractivity (Wildman–Crippen MR) is 56.2 cm³/mol. The molecule has 6 heteroatoms. The van der Waals surface area contributed by atoms with Gasteiger partial charge >= 0.3 is 0 Å². The van der Waals surface area contributed by atoms with Crippen molar-refractivity contribution in [2.24, 2.45) is 11.7 Å². The van der Waals surface area contributed by atoms with Gasteiger partial charge in [0.15, 0.2) is 5.82 Å². The number of nitrogens with two attached hydrogens (primary N) is 1. The first kappa shape index (κ1) is 10.8. The van der Waals surface area contributed by atoms with Crippen molar-refractivity contribution in [3.8, 4) is 0 Å². The van der Waals surface area contributed by atoms with E-state index in [0.717, 1.165) is 0 Å². The first-order valence-corrected chi connectivity index (χ1v) is 5.22. The van der Waals surface area contributed by atoms with E-state index in [-0.39, 0.29) is 17.9 Å². The molecule has 0 aliphatic heterocycles. The van der Waals surface area contributed by atoms with Crippen LogP contribution in [0.1, 0.15) is 12.2 Å². The minimum absolute atomic E-state index is 0.00712. The van der Waals surface area contributed by atoms with E-state index in [1.165, 1.54) is 6.39 Å². The average Bonchev–Trinajstić information content (AvgIpc) is 2.89. The van der Waals surface area contributed by atoms with Crippen LogP contribution >= 0.6 is 0 Å². The minimum Gasteiger partial charge on any atom is -0.355 e. The van der Waals surface area contributed by atoms with E-state index < -0.39 is 0 Å². The third-order valence-corrected chi connectivity index (χ3v) is 2.51. The summed E-state index contributed by atoms with van der Waals surface area (Å²) in [5, 5.41) is 6.47. The molecule has 1 aromatic rings. The zero-order valence-electron chi connectivity index (χ0n) is 8.80. The summed E-state index contributed by atoms with van der Waals surface area (Å²) in [6.07, 6.45) is 6.26. The number of carbonyl (C=O) groups is 1. The molecule has 1 aromatic heterocycles. The number of rotatable bonds is 4. The van der Waals surface area contributed by atoms with Gasteiger partial charge < -0.3 is 15.6 Å². The number of nitrogens with zero attached hydrogens (tertiary/aromatic N) is 2. The second-order valence-electron chi connectivity index (χ2n) is 3.78. The van der Waals surface area contributed by atoms with Crippen LogP contribution in [0.2, 0.25) is 0 Å². The largest absolute Gasteiger partial charge is 0.355 e. The summed E-state index contributed by atoms with van der Waals surface area (Å²) in [4.78, 5) is 15.5. The van der Waals surface area contributed by atoms with Crippen LogP contribution < -0.4 is 11.1 Å². The molecule has 86 valence electrons. The lowest BCUT2D eigenvalue weighted by atomic mass is 10.1. The lowest BCUT2D eigenvalue weighted by molar-refractivity contribution is -0.123. The summed E-state index contributed by atoms with van der Waals surface area (Å²) < 4.78 is 4.58. The quantitative estimate of drug-likeness (QED) is 0.678. The Balaban J connectivity index is 1.70. The Hall–Kier alpha value is -1.69. The van der Waals surface area contributed by atoms with E-state index in [4.69, 9.17) is 5.73 Å². The molecule has 0 fully saturated rings. The highest BCUT2D eigenvalue weighted by atomic mass is 16.5. The van der Waals surface area contributed by atoms with Gasteiger partial charge in [0, 0.05) is 19.0 Å². The number of amides is 1. The molecule has 0 spiro atoms. The molecule has 2 rings (SSSR count). The van der Waals surface area contributed by atoms with Gasteiger partial charge in [-0.3, -0.25) is 4.79 Å². The van der Waals surface area contributed by atoms with Gasteiger partial charge in [0.2, 0.25) is 12.3 Å². The Labute approximate surface area is 92.9 Å². The van der Waals surface area contributed by atoms with Gasteiger partial charge in [-0.25, -0.2) is 0 Å². The lowest BCUT2D eigenvalue weighted by Crippen LogP contribution is -2.32. The van der Waals surface area contributed by atoms with Crippen LogP contribution in [0, 0.1) is 5.92 Å². The summed E-state index contributed by atoms with van der Waals surface area (Å²) >= 11 is 0. The van der Waals surface area contributed by atoms with Crippen molar-refractivity contribution in [1.82, 2.24) is 15.5 Å². The second-order valence-corrected chi connectivity index (χ2v) is 3.78. The molecule has 0 saturated heterocycles. The second kappa shape index (κ2) is 4.89. The molecule has 1 aliphatic rings. The molecular weight excluding hydrogens is 208 g/mol. The third kappa shape index (κ3) is 2.66. The summed E-state index contributed by atoms with van der Waals surface area (Å²) in [5.41, 5.74) is 5.67. The van der Waals surface area contributed by atoms with Gasteiger partial charge in [0.05, 0.1) is 5.92 Å². The van der Waals surface area contributed by atoms with E-state index >= 15 is 0 Å². The number of hydrogen-bond acceptors (Lipinski definition) is 5. The van der Waals surface area contributed by atoms with Crippen LogP contribution in [-0.2, 0) is 11.2 Å². The smallest absolute Gasteiger partial charge is 0.227 e. The Morgan fingerprint density at radius 3 is 3.12 bits per heavy atom. The van der Waals surface area contributed by atoms with Crippen LogP contribution in [0.3, 0.4) is 0 Å². The fraction of sp³-hybridized carbons (Fsp3) is 0.500. The maximum absolute atomic E-state index is 11.6. The average molecular weight is 222 g/mol. The van der Waals surface area contributed by atoms with Gasteiger partial charge in [-0.1, -0.05) is 17.3 Å². The third-order valence-electron chi connectivity index (χ3n) is 2.51. The molecule has 16 heavy (non-hydrogen) atoms. The highest BCUT2D eigenvalue weighted by Crippen LogP contribution is 2.15. The molecule has 1 aliphatic carbocycles. The van der Waals surface area contributed by atoms with E-state index in [1.54, 1.807) is 0 Å². The fourth-order valence-electron chi connectivity index (χ4n) is 1.65. The maximum Gasteiger partial charge on any atom is 0.227 e. The van der Waals surface area contributed by atoms with E-state index in [9.17, 15) is 4.79 Å². The van der Waals surface area contributed by atoms with Gasteiger partial charge in [-0.15, -0.1) is 0 Å². The molecule has 6 nitrogen and oxygen atoms in total. The Morgan fingerprint density at radius 2 is 2.50 bits per heavy atom. The Morgan fingerprint density at radius 1 is 1.62 bits per heavy atom. The van der Waals surface area contributed by atoms with Crippen LogP contribution in [0.4, 0.5) is 0 Å².